The highest BCUT2D eigenvalue weighted by Crippen LogP contribution is 2.15. The standard InChI is InChI=1S/C48H85NO8/c1-6-8-10-12-13-14-15-16-17-18-19-20-21-22-23-24-25-26-27-28-29-30-31-32-33-35-37-39-46(51)57-44(42-55-45(50)38-36-34-11-9-7-2)43-56-48(47(52)53)54-41-40-49(3,4)5/h8,10,13-14,16-17,19-20,44,48H,6-7,9,11-12,15,18,21-43H2,1-5H3/p+1/b10-8-,14-13-,17-16-,20-19-. The van der Waals surface area contributed by atoms with Crippen LogP contribution in [0.5, 0.6) is 0 Å². The molecule has 0 aromatic heterocycles. The van der Waals surface area contributed by atoms with Gasteiger partial charge in [-0.15, -0.1) is 0 Å². The van der Waals surface area contributed by atoms with Crippen molar-refractivity contribution in [2.45, 2.75) is 193 Å². The zero-order valence-corrected chi connectivity index (χ0v) is 37.2. The first-order chi connectivity index (χ1) is 27.6. The Morgan fingerprint density at radius 2 is 1.00 bits per heavy atom. The quantitative estimate of drug-likeness (QED) is 0.0214. The van der Waals surface area contributed by atoms with Gasteiger partial charge >= 0.3 is 17.9 Å². The van der Waals surface area contributed by atoms with E-state index in [1.54, 1.807) is 0 Å². The van der Waals surface area contributed by atoms with E-state index in [1.165, 1.54) is 77.0 Å². The number of carboxylic acid groups (broad SMARTS) is 1. The number of ether oxygens (including phenoxy) is 4. The minimum Gasteiger partial charge on any atom is -0.477 e. The van der Waals surface area contributed by atoms with Gasteiger partial charge in [0.1, 0.15) is 13.2 Å². The Bertz CT molecular complexity index is 1080. The van der Waals surface area contributed by atoms with E-state index in [0.717, 1.165) is 77.0 Å². The average molecular weight is 805 g/mol. The SMILES string of the molecule is CC/C=C\C/C=C\C/C=C\C/C=C\CCCCCCCCCCCCCCCCC(=O)OC(COC(=O)CCCCCCC)COC(OCC[N+](C)(C)C)C(=O)O. The van der Waals surface area contributed by atoms with Crippen molar-refractivity contribution in [3.05, 3.63) is 48.6 Å². The first kappa shape index (κ1) is 54.2. The van der Waals surface area contributed by atoms with E-state index in [1.807, 2.05) is 21.1 Å². The lowest BCUT2D eigenvalue weighted by Crippen LogP contribution is -2.40. The summed E-state index contributed by atoms with van der Waals surface area (Å²) in [5.41, 5.74) is 0. The molecule has 0 saturated heterocycles. The predicted molar refractivity (Wildman–Crippen MR) is 235 cm³/mol. The van der Waals surface area contributed by atoms with Crippen molar-refractivity contribution < 1.29 is 42.9 Å². The second-order valence-electron chi connectivity index (χ2n) is 16.3. The molecule has 0 aliphatic carbocycles. The second kappa shape index (κ2) is 40.0. The van der Waals surface area contributed by atoms with Crippen molar-refractivity contribution in [1.82, 2.24) is 0 Å². The summed E-state index contributed by atoms with van der Waals surface area (Å²) in [7, 11) is 5.94. The van der Waals surface area contributed by atoms with Crippen LogP contribution in [0.4, 0.5) is 0 Å². The number of hydrogen-bond donors (Lipinski definition) is 1. The van der Waals surface area contributed by atoms with Crippen LogP contribution in [0.25, 0.3) is 0 Å². The fourth-order valence-electron chi connectivity index (χ4n) is 6.06. The summed E-state index contributed by atoms with van der Waals surface area (Å²) >= 11 is 0. The minimum atomic E-state index is -1.50. The maximum Gasteiger partial charge on any atom is 0.361 e. The molecule has 2 atom stereocenters. The molecule has 9 heteroatoms. The minimum absolute atomic E-state index is 0.183. The summed E-state index contributed by atoms with van der Waals surface area (Å²) < 4.78 is 22.6. The van der Waals surface area contributed by atoms with E-state index >= 15 is 0 Å². The summed E-state index contributed by atoms with van der Waals surface area (Å²) in [6, 6.07) is 0. The number of aliphatic carboxylic acids is 1. The Morgan fingerprint density at radius 3 is 1.49 bits per heavy atom. The van der Waals surface area contributed by atoms with Crippen LogP contribution in [-0.2, 0) is 33.3 Å². The monoisotopic (exact) mass is 805 g/mol. The zero-order chi connectivity index (χ0) is 42.1. The molecule has 0 saturated carbocycles. The van der Waals surface area contributed by atoms with Crippen LogP contribution >= 0.6 is 0 Å². The van der Waals surface area contributed by atoms with Gasteiger partial charge in [-0.1, -0.05) is 165 Å². The molecular weight excluding hydrogens is 719 g/mol. The third-order valence-electron chi connectivity index (χ3n) is 9.60. The van der Waals surface area contributed by atoms with Crippen LogP contribution in [0.15, 0.2) is 48.6 Å². The number of carbonyl (C=O) groups excluding carboxylic acids is 2. The number of unbranched alkanes of at least 4 members (excludes halogenated alkanes) is 18. The van der Waals surface area contributed by atoms with Crippen LogP contribution in [-0.4, -0.2) is 87.4 Å². The third-order valence-corrected chi connectivity index (χ3v) is 9.60. The lowest BCUT2D eigenvalue weighted by Gasteiger charge is -2.25. The van der Waals surface area contributed by atoms with E-state index in [0.29, 0.717) is 17.4 Å². The molecule has 0 aromatic rings. The van der Waals surface area contributed by atoms with Gasteiger partial charge in [-0.2, -0.15) is 0 Å². The number of nitrogens with zero attached hydrogens (tertiary/aromatic N) is 1. The predicted octanol–water partition coefficient (Wildman–Crippen LogP) is 12.0. The highest BCUT2D eigenvalue weighted by Gasteiger charge is 2.25. The van der Waals surface area contributed by atoms with Crippen molar-refractivity contribution in [1.29, 1.82) is 0 Å². The molecule has 0 radical (unpaired) electrons. The Balaban J connectivity index is 4.08. The maximum absolute atomic E-state index is 12.7. The van der Waals surface area contributed by atoms with Crippen LogP contribution in [0.3, 0.4) is 0 Å². The van der Waals surface area contributed by atoms with E-state index in [-0.39, 0.29) is 32.2 Å². The zero-order valence-electron chi connectivity index (χ0n) is 37.2. The summed E-state index contributed by atoms with van der Waals surface area (Å²) in [6.07, 6.45) is 43.7. The van der Waals surface area contributed by atoms with Gasteiger partial charge in [0.25, 0.3) is 6.29 Å². The highest BCUT2D eigenvalue weighted by molar-refractivity contribution is 5.71. The van der Waals surface area contributed by atoms with E-state index < -0.39 is 24.3 Å². The van der Waals surface area contributed by atoms with Crippen LogP contribution in [0.2, 0.25) is 0 Å². The van der Waals surface area contributed by atoms with Gasteiger partial charge in [0.15, 0.2) is 6.10 Å². The number of likely N-dealkylation sites (N-methyl/N-ethyl adjacent to an activating group) is 1. The van der Waals surface area contributed by atoms with Gasteiger partial charge in [0.05, 0.1) is 34.4 Å². The summed E-state index contributed by atoms with van der Waals surface area (Å²) in [5.74, 6) is -2.02. The number of carbonyl (C=O) groups is 3. The molecule has 0 rings (SSSR count). The molecule has 0 spiro atoms. The Labute approximate surface area is 349 Å². The summed E-state index contributed by atoms with van der Waals surface area (Å²) in [4.78, 5) is 36.8. The lowest BCUT2D eigenvalue weighted by atomic mass is 10.0. The van der Waals surface area contributed by atoms with Crippen LogP contribution < -0.4 is 0 Å². The number of esters is 2. The normalized spacial score (nSPS) is 13.4. The lowest BCUT2D eigenvalue weighted by molar-refractivity contribution is -0.870. The fourth-order valence-corrected chi connectivity index (χ4v) is 6.06. The maximum atomic E-state index is 12.7. The van der Waals surface area contributed by atoms with Crippen molar-refractivity contribution in [2.75, 3.05) is 47.5 Å². The molecule has 9 nitrogen and oxygen atoms in total. The molecule has 2 unspecified atom stereocenters. The Hall–Kier alpha value is -2.75. The molecule has 57 heavy (non-hydrogen) atoms. The van der Waals surface area contributed by atoms with E-state index in [2.05, 4.69) is 62.5 Å². The molecule has 0 aliphatic rings. The third kappa shape index (κ3) is 41.2. The smallest absolute Gasteiger partial charge is 0.361 e. The number of hydrogen-bond acceptors (Lipinski definition) is 7. The van der Waals surface area contributed by atoms with Crippen molar-refractivity contribution in [3.8, 4) is 0 Å². The van der Waals surface area contributed by atoms with E-state index in [9.17, 15) is 19.5 Å². The second-order valence-corrected chi connectivity index (χ2v) is 16.3. The van der Waals surface area contributed by atoms with Gasteiger partial charge in [-0.25, -0.2) is 4.79 Å². The summed E-state index contributed by atoms with van der Waals surface area (Å²) in [6.45, 7) is 4.66. The van der Waals surface area contributed by atoms with E-state index in [4.69, 9.17) is 18.9 Å². The number of allylic oxidation sites excluding steroid dienone is 8. The number of quaternary nitrogens is 1. The number of carboxylic acids is 1. The van der Waals surface area contributed by atoms with Crippen LogP contribution in [0.1, 0.15) is 181 Å². The van der Waals surface area contributed by atoms with Crippen molar-refractivity contribution >= 4 is 17.9 Å². The molecule has 0 aliphatic heterocycles. The fraction of sp³-hybridized carbons (Fsp3) is 0.771. The van der Waals surface area contributed by atoms with Gasteiger partial charge in [0.2, 0.25) is 0 Å². The number of rotatable bonds is 41. The largest absolute Gasteiger partial charge is 0.477 e. The van der Waals surface area contributed by atoms with Gasteiger partial charge in [-0.05, 0) is 51.4 Å². The molecule has 1 N–H and O–H groups in total. The molecular formula is C48H86NO8+. The Morgan fingerprint density at radius 1 is 0.544 bits per heavy atom. The molecule has 0 fully saturated rings. The van der Waals surface area contributed by atoms with Crippen LogP contribution in [0, 0.1) is 0 Å². The summed E-state index contributed by atoms with van der Waals surface area (Å²) in [5, 5.41) is 9.58. The highest BCUT2D eigenvalue weighted by atomic mass is 16.7. The Kier molecular flexibility index (Phi) is 38.1. The van der Waals surface area contributed by atoms with Crippen molar-refractivity contribution in [3.63, 3.8) is 0 Å². The molecule has 0 aromatic carbocycles. The molecule has 0 heterocycles. The first-order valence-electron chi connectivity index (χ1n) is 22.8. The van der Waals surface area contributed by atoms with Crippen molar-refractivity contribution in [2.24, 2.45) is 0 Å². The molecule has 0 amide bonds. The van der Waals surface area contributed by atoms with Gasteiger partial charge in [0, 0.05) is 12.8 Å². The topological polar surface area (TPSA) is 108 Å². The first-order valence-corrected chi connectivity index (χ1v) is 22.8. The average Bonchev–Trinajstić information content (AvgIpc) is 3.17. The molecule has 330 valence electrons. The van der Waals surface area contributed by atoms with Gasteiger partial charge < -0.3 is 28.5 Å². The molecule has 0 bridgehead atoms. The van der Waals surface area contributed by atoms with Gasteiger partial charge in [-0.3, -0.25) is 9.59 Å².